The largest absolute Gasteiger partial charge is 0.497 e. The molecule has 0 unspecified atom stereocenters. The van der Waals surface area contributed by atoms with Crippen molar-refractivity contribution >= 4 is 23.2 Å². The fraction of sp³-hybridized carbons (Fsp3) is 0.286. The van der Waals surface area contributed by atoms with E-state index in [4.69, 9.17) is 14.2 Å². The average molecular weight is 475 g/mol. The monoisotopic (exact) mass is 474 g/mol. The van der Waals surface area contributed by atoms with Crippen LogP contribution in [0.25, 0.3) is 0 Å². The maximum atomic E-state index is 13.7. The zero-order valence-corrected chi connectivity index (χ0v) is 20.4. The molecule has 0 radical (unpaired) electrons. The first-order chi connectivity index (χ1) is 17.0. The molecule has 0 aliphatic carbocycles. The quantitative estimate of drug-likeness (QED) is 0.513. The van der Waals surface area contributed by atoms with Crippen molar-refractivity contribution in [1.29, 1.82) is 0 Å². The molecule has 0 spiro atoms. The molecule has 1 heterocycles. The lowest BCUT2D eigenvalue weighted by Crippen LogP contribution is -2.47. The van der Waals surface area contributed by atoms with Crippen LogP contribution in [0.1, 0.15) is 30.0 Å². The molecule has 4 rings (SSSR count). The van der Waals surface area contributed by atoms with E-state index >= 15 is 0 Å². The van der Waals surface area contributed by atoms with Gasteiger partial charge in [0.25, 0.3) is 0 Å². The number of nitrogens with zero attached hydrogens (tertiary/aromatic N) is 1. The van der Waals surface area contributed by atoms with E-state index in [-0.39, 0.29) is 18.2 Å². The number of hydrogen-bond donors (Lipinski definition) is 1. The van der Waals surface area contributed by atoms with Crippen LogP contribution in [0.5, 0.6) is 17.2 Å². The number of rotatable bonds is 7. The number of carbonyl (C=O) groups is 2. The number of para-hydroxylation sites is 1. The Labute approximate surface area is 205 Å². The molecule has 182 valence electrons. The van der Waals surface area contributed by atoms with Gasteiger partial charge in [-0.05, 0) is 61.4 Å². The van der Waals surface area contributed by atoms with Crippen LogP contribution >= 0.6 is 0 Å². The molecule has 1 saturated heterocycles. The molecule has 0 saturated carbocycles. The van der Waals surface area contributed by atoms with E-state index < -0.39 is 12.0 Å². The molecule has 7 heteroatoms. The van der Waals surface area contributed by atoms with Gasteiger partial charge in [0.2, 0.25) is 11.8 Å². The summed E-state index contributed by atoms with van der Waals surface area (Å²) in [5.41, 5.74) is 3.07. The summed E-state index contributed by atoms with van der Waals surface area (Å²) < 4.78 is 16.4. The highest BCUT2D eigenvalue weighted by atomic mass is 16.5. The van der Waals surface area contributed by atoms with Crippen LogP contribution in [0.4, 0.5) is 11.4 Å². The number of benzene rings is 3. The van der Waals surface area contributed by atoms with Crippen LogP contribution in [0, 0.1) is 12.8 Å². The van der Waals surface area contributed by atoms with Crippen molar-refractivity contribution in [2.75, 3.05) is 31.5 Å². The summed E-state index contributed by atoms with van der Waals surface area (Å²) in [5.74, 6) is 1.14. The highest BCUT2D eigenvalue weighted by Crippen LogP contribution is 2.44. The summed E-state index contributed by atoms with van der Waals surface area (Å²) in [6.45, 7) is 1.96. The summed E-state index contributed by atoms with van der Waals surface area (Å²) in [5, 5.41) is 3.05. The van der Waals surface area contributed by atoms with Crippen molar-refractivity contribution in [2.45, 2.75) is 25.8 Å². The maximum absolute atomic E-state index is 13.7. The second-order valence-corrected chi connectivity index (χ2v) is 8.49. The standard InChI is InChI=1S/C28H30N2O5/c1-18-9-15-25(35-4)23(17-18)29-28(32)22-14-16-26(31)30(19-10-12-20(33-2)13-11-19)27(22)21-7-5-6-8-24(21)34-3/h5-13,15,17,22,27H,14,16H2,1-4H3,(H,29,32)/t22-,27+/m1/s1. The summed E-state index contributed by atoms with van der Waals surface area (Å²) in [4.78, 5) is 28.8. The second-order valence-electron chi connectivity index (χ2n) is 8.49. The fourth-order valence-electron chi connectivity index (χ4n) is 4.63. The van der Waals surface area contributed by atoms with Crippen LogP contribution < -0.4 is 24.4 Å². The number of nitrogens with one attached hydrogen (secondary N) is 1. The molecule has 0 aromatic heterocycles. The first-order valence-electron chi connectivity index (χ1n) is 11.5. The number of methoxy groups -OCH3 is 3. The number of anilines is 2. The van der Waals surface area contributed by atoms with Crippen LogP contribution in [0.3, 0.4) is 0 Å². The highest BCUT2D eigenvalue weighted by molar-refractivity contribution is 6.01. The zero-order valence-electron chi connectivity index (χ0n) is 20.4. The Kier molecular flexibility index (Phi) is 7.25. The Hall–Kier alpha value is -4.00. The smallest absolute Gasteiger partial charge is 0.230 e. The lowest BCUT2D eigenvalue weighted by molar-refractivity contribution is -0.126. The van der Waals surface area contributed by atoms with Crippen LogP contribution in [-0.2, 0) is 9.59 Å². The maximum Gasteiger partial charge on any atom is 0.230 e. The Bertz CT molecular complexity index is 1210. The molecular weight excluding hydrogens is 444 g/mol. The number of amides is 2. The highest BCUT2D eigenvalue weighted by Gasteiger charge is 2.42. The number of hydrogen-bond acceptors (Lipinski definition) is 5. The summed E-state index contributed by atoms with van der Waals surface area (Å²) in [7, 11) is 4.76. The zero-order chi connectivity index (χ0) is 24.9. The molecule has 1 N–H and O–H groups in total. The van der Waals surface area contributed by atoms with Gasteiger partial charge in [-0.2, -0.15) is 0 Å². The van der Waals surface area contributed by atoms with E-state index in [0.717, 1.165) is 11.1 Å². The van der Waals surface area contributed by atoms with Gasteiger partial charge < -0.3 is 24.4 Å². The molecular formula is C28H30N2O5. The van der Waals surface area contributed by atoms with Gasteiger partial charge in [-0.15, -0.1) is 0 Å². The average Bonchev–Trinajstić information content (AvgIpc) is 2.88. The minimum absolute atomic E-state index is 0.0525. The molecule has 3 aromatic rings. The molecule has 2 atom stereocenters. The van der Waals surface area contributed by atoms with Gasteiger partial charge in [0.05, 0.1) is 39.0 Å². The van der Waals surface area contributed by atoms with Crippen molar-refractivity contribution < 1.29 is 23.8 Å². The Morgan fingerprint density at radius 1 is 0.914 bits per heavy atom. The topological polar surface area (TPSA) is 77.1 Å². The summed E-state index contributed by atoms with van der Waals surface area (Å²) >= 11 is 0. The molecule has 2 amide bonds. The van der Waals surface area contributed by atoms with E-state index in [0.29, 0.717) is 35.0 Å². The SMILES string of the molecule is COc1ccc(N2C(=O)CC[C@@H](C(=O)Nc3cc(C)ccc3OC)[C@@H]2c2ccccc2OC)cc1. The molecule has 3 aromatic carbocycles. The predicted molar refractivity (Wildman–Crippen MR) is 135 cm³/mol. The Balaban J connectivity index is 1.78. The van der Waals surface area contributed by atoms with Crippen molar-refractivity contribution in [3.05, 3.63) is 77.9 Å². The van der Waals surface area contributed by atoms with Crippen LogP contribution in [-0.4, -0.2) is 33.1 Å². The summed E-state index contributed by atoms with van der Waals surface area (Å²) in [6, 6.07) is 19.9. The van der Waals surface area contributed by atoms with E-state index in [9.17, 15) is 9.59 Å². The fourth-order valence-corrected chi connectivity index (χ4v) is 4.63. The van der Waals surface area contributed by atoms with Gasteiger partial charge in [-0.1, -0.05) is 24.3 Å². The minimum atomic E-state index is -0.559. The number of ether oxygens (including phenoxy) is 3. The second kappa shape index (κ2) is 10.5. The van der Waals surface area contributed by atoms with E-state index in [2.05, 4.69) is 5.32 Å². The third kappa shape index (κ3) is 4.94. The Morgan fingerprint density at radius 3 is 2.31 bits per heavy atom. The van der Waals surface area contributed by atoms with Crippen molar-refractivity contribution in [3.63, 3.8) is 0 Å². The van der Waals surface area contributed by atoms with E-state index in [1.165, 1.54) is 0 Å². The molecule has 1 aliphatic rings. The van der Waals surface area contributed by atoms with Gasteiger partial charge in [-0.25, -0.2) is 0 Å². The molecule has 7 nitrogen and oxygen atoms in total. The molecule has 1 aliphatic heterocycles. The third-order valence-corrected chi connectivity index (χ3v) is 6.35. The normalized spacial score (nSPS) is 17.6. The Morgan fingerprint density at radius 2 is 1.63 bits per heavy atom. The minimum Gasteiger partial charge on any atom is -0.497 e. The predicted octanol–water partition coefficient (Wildman–Crippen LogP) is 5.14. The van der Waals surface area contributed by atoms with Gasteiger partial charge >= 0.3 is 0 Å². The number of piperidine rings is 1. The lowest BCUT2D eigenvalue weighted by atomic mass is 9.82. The summed E-state index contributed by atoms with van der Waals surface area (Å²) in [6.07, 6.45) is 0.662. The van der Waals surface area contributed by atoms with Gasteiger partial charge in [0.1, 0.15) is 17.2 Å². The molecule has 0 bridgehead atoms. The molecule has 1 fully saturated rings. The van der Waals surface area contributed by atoms with E-state index in [1.54, 1.807) is 26.2 Å². The van der Waals surface area contributed by atoms with Crippen molar-refractivity contribution in [3.8, 4) is 17.2 Å². The van der Waals surface area contributed by atoms with Crippen LogP contribution in [0.15, 0.2) is 66.7 Å². The first kappa shape index (κ1) is 24.1. The van der Waals surface area contributed by atoms with Crippen molar-refractivity contribution in [2.24, 2.45) is 5.92 Å². The third-order valence-electron chi connectivity index (χ3n) is 6.35. The van der Waals surface area contributed by atoms with E-state index in [1.807, 2.05) is 73.7 Å². The molecule has 35 heavy (non-hydrogen) atoms. The van der Waals surface area contributed by atoms with Gasteiger partial charge in [0.15, 0.2) is 0 Å². The lowest BCUT2D eigenvalue weighted by Gasteiger charge is -2.41. The van der Waals surface area contributed by atoms with Gasteiger partial charge in [-0.3, -0.25) is 9.59 Å². The van der Waals surface area contributed by atoms with Crippen molar-refractivity contribution in [1.82, 2.24) is 0 Å². The van der Waals surface area contributed by atoms with Gasteiger partial charge in [0, 0.05) is 17.7 Å². The number of aryl methyl sites for hydroxylation is 1. The van der Waals surface area contributed by atoms with Crippen LogP contribution in [0.2, 0.25) is 0 Å². The first-order valence-corrected chi connectivity index (χ1v) is 11.5. The number of carbonyl (C=O) groups excluding carboxylic acids is 2.